The van der Waals surface area contributed by atoms with E-state index in [4.69, 9.17) is 4.98 Å². The van der Waals surface area contributed by atoms with Gasteiger partial charge >= 0.3 is 0 Å². The van der Waals surface area contributed by atoms with Crippen LogP contribution in [0.2, 0.25) is 0 Å². The molecule has 2 heterocycles. The summed E-state index contributed by atoms with van der Waals surface area (Å²) < 4.78 is 0. The number of likely N-dealkylation sites (N-methyl/N-ethyl adjacent to an activating group) is 1. The average Bonchev–Trinajstić information content (AvgIpc) is 2.58. The molecule has 22 heavy (non-hydrogen) atoms. The number of aromatic nitrogens is 1. The maximum atomic E-state index is 4.71. The monoisotopic (exact) mass is 295 g/mol. The third-order valence-electron chi connectivity index (χ3n) is 4.72. The van der Waals surface area contributed by atoms with Gasteiger partial charge in [-0.25, -0.2) is 0 Å². The van der Waals surface area contributed by atoms with E-state index in [2.05, 4.69) is 74.9 Å². The predicted octanol–water partition coefficient (Wildman–Crippen LogP) is 3.98. The summed E-state index contributed by atoms with van der Waals surface area (Å²) in [6, 6.07) is 10.9. The van der Waals surface area contributed by atoms with Crippen molar-refractivity contribution in [3.05, 3.63) is 52.8 Å². The molecule has 0 amide bonds. The molecule has 2 aromatic rings. The van der Waals surface area contributed by atoms with Crippen molar-refractivity contribution in [2.45, 2.75) is 40.3 Å². The van der Waals surface area contributed by atoms with Gasteiger partial charge in [0.15, 0.2) is 0 Å². The molecule has 116 valence electrons. The summed E-state index contributed by atoms with van der Waals surface area (Å²) in [6.45, 7) is 9.73. The molecule has 1 aromatic carbocycles. The minimum Gasteiger partial charge on any atom is -0.323 e. The molecule has 1 aromatic heterocycles. The summed E-state index contributed by atoms with van der Waals surface area (Å²) >= 11 is 0. The topological polar surface area (TPSA) is 19.4 Å². The highest BCUT2D eigenvalue weighted by Crippen LogP contribution is 2.37. The maximum Gasteiger partial charge on any atom is 0.0840 e. The first-order valence-electron chi connectivity index (χ1n) is 8.01. The van der Waals surface area contributed by atoms with Crippen LogP contribution in [0, 0.1) is 20.8 Å². The Morgan fingerprint density at radius 2 is 1.86 bits per heavy atom. The molecule has 1 unspecified atom stereocenters. The van der Waals surface area contributed by atoms with E-state index in [0.717, 1.165) is 24.4 Å². The molecule has 0 spiro atoms. The molecule has 0 saturated heterocycles. The van der Waals surface area contributed by atoms with Crippen LogP contribution in [0.3, 0.4) is 0 Å². The Morgan fingerprint density at radius 1 is 1.14 bits per heavy atom. The summed E-state index contributed by atoms with van der Waals surface area (Å²) in [5.41, 5.74) is 7.47. The summed E-state index contributed by atoms with van der Waals surface area (Å²) in [5, 5.41) is 0. The molecule has 0 aliphatic carbocycles. The van der Waals surface area contributed by atoms with E-state index in [0.29, 0.717) is 6.17 Å². The highest BCUT2D eigenvalue weighted by atomic mass is 15.4. The number of nitrogens with zero attached hydrogens (tertiary/aromatic N) is 3. The summed E-state index contributed by atoms with van der Waals surface area (Å²) in [4.78, 5) is 9.59. The fraction of sp³-hybridized carbons (Fsp3) is 0.421. The highest BCUT2D eigenvalue weighted by molar-refractivity contribution is 5.72. The zero-order valence-corrected chi connectivity index (χ0v) is 14.2. The van der Waals surface area contributed by atoms with E-state index in [1.54, 1.807) is 0 Å². The standard InChI is InChI=1S/C19H25N3/c1-13-12-14(2)20-15(3)19(13)22-16(4)21(5)11-10-17-8-6-7-9-18(17)22/h6-9,12,16H,10-11H2,1-5H3. The van der Waals surface area contributed by atoms with Crippen molar-refractivity contribution in [2.75, 3.05) is 18.5 Å². The Hall–Kier alpha value is -1.87. The van der Waals surface area contributed by atoms with Crippen LogP contribution in [0.5, 0.6) is 0 Å². The Labute approximate surface area is 133 Å². The van der Waals surface area contributed by atoms with Gasteiger partial charge in [0, 0.05) is 17.9 Å². The lowest BCUT2D eigenvalue weighted by molar-refractivity contribution is 0.271. The fourth-order valence-electron chi connectivity index (χ4n) is 3.53. The molecule has 1 aliphatic heterocycles. The zero-order valence-electron chi connectivity index (χ0n) is 14.2. The van der Waals surface area contributed by atoms with Crippen LogP contribution in [0.25, 0.3) is 0 Å². The number of para-hydroxylation sites is 1. The van der Waals surface area contributed by atoms with Crippen LogP contribution < -0.4 is 4.90 Å². The van der Waals surface area contributed by atoms with E-state index in [1.165, 1.54) is 22.5 Å². The molecule has 1 atom stereocenters. The van der Waals surface area contributed by atoms with Crippen LogP contribution in [-0.2, 0) is 6.42 Å². The van der Waals surface area contributed by atoms with E-state index in [9.17, 15) is 0 Å². The molecule has 0 bridgehead atoms. The van der Waals surface area contributed by atoms with Gasteiger partial charge in [0.1, 0.15) is 0 Å². The van der Waals surface area contributed by atoms with Gasteiger partial charge in [-0.05, 0) is 64.4 Å². The van der Waals surface area contributed by atoms with Crippen LogP contribution in [0.15, 0.2) is 30.3 Å². The quantitative estimate of drug-likeness (QED) is 0.793. The minimum absolute atomic E-state index is 0.311. The maximum absolute atomic E-state index is 4.71. The van der Waals surface area contributed by atoms with E-state index >= 15 is 0 Å². The average molecular weight is 295 g/mol. The number of benzene rings is 1. The SMILES string of the molecule is Cc1cc(C)c(N2c3ccccc3CCN(C)C2C)c(C)n1. The van der Waals surface area contributed by atoms with Gasteiger partial charge in [0.2, 0.25) is 0 Å². The lowest BCUT2D eigenvalue weighted by atomic mass is 10.1. The second kappa shape index (κ2) is 5.73. The van der Waals surface area contributed by atoms with Crippen LogP contribution in [-0.4, -0.2) is 29.6 Å². The Kier molecular flexibility index (Phi) is 3.92. The molecular weight excluding hydrogens is 270 g/mol. The van der Waals surface area contributed by atoms with Gasteiger partial charge in [-0.2, -0.15) is 0 Å². The first-order valence-corrected chi connectivity index (χ1v) is 8.01. The largest absolute Gasteiger partial charge is 0.323 e. The van der Waals surface area contributed by atoms with Crippen LogP contribution in [0.1, 0.15) is 29.4 Å². The number of anilines is 2. The number of pyridine rings is 1. The van der Waals surface area contributed by atoms with E-state index < -0.39 is 0 Å². The number of fused-ring (bicyclic) bond motifs is 1. The number of aryl methyl sites for hydroxylation is 3. The Morgan fingerprint density at radius 3 is 2.59 bits per heavy atom. The second-order valence-electron chi connectivity index (χ2n) is 6.38. The third-order valence-corrected chi connectivity index (χ3v) is 4.72. The lowest BCUT2D eigenvalue weighted by Crippen LogP contribution is -2.42. The molecule has 3 heteroatoms. The lowest BCUT2D eigenvalue weighted by Gasteiger charge is -2.37. The minimum atomic E-state index is 0.311. The third kappa shape index (κ3) is 2.50. The van der Waals surface area contributed by atoms with Crippen molar-refractivity contribution < 1.29 is 0 Å². The molecule has 1 aliphatic rings. The van der Waals surface area contributed by atoms with Gasteiger partial charge in [-0.15, -0.1) is 0 Å². The Balaban J connectivity index is 2.23. The van der Waals surface area contributed by atoms with Crippen molar-refractivity contribution >= 4 is 11.4 Å². The van der Waals surface area contributed by atoms with Crippen LogP contribution in [0.4, 0.5) is 11.4 Å². The van der Waals surface area contributed by atoms with Gasteiger partial charge in [0.05, 0.1) is 17.5 Å². The van der Waals surface area contributed by atoms with Gasteiger partial charge in [-0.1, -0.05) is 18.2 Å². The summed E-state index contributed by atoms with van der Waals surface area (Å²) in [7, 11) is 2.20. The van der Waals surface area contributed by atoms with Crippen molar-refractivity contribution in [1.29, 1.82) is 0 Å². The number of hydrogen-bond acceptors (Lipinski definition) is 3. The molecule has 0 fully saturated rings. The number of hydrogen-bond donors (Lipinski definition) is 0. The van der Waals surface area contributed by atoms with Crippen molar-refractivity contribution in [1.82, 2.24) is 9.88 Å². The van der Waals surface area contributed by atoms with Crippen molar-refractivity contribution in [3.63, 3.8) is 0 Å². The molecule has 0 radical (unpaired) electrons. The number of rotatable bonds is 1. The van der Waals surface area contributed by atoms with Crippen molar-refractivity contribution in [2.24, 2.45) is 0 Å². The highest BCUT2D eigenvalue weighted by Gasteiger charge is 2.28. The summed E-state index contributed by atoms with van der Waals surface area (Å²) in [6.07, 6.45) is 1.40. The van der Waals surface area contributed by atoms with Gasteiger partial charge in [-0.3, -0.25) is 9.88 Å². The molecule has 0 saturated carbocycles. The normalized spacial score (nSPS) is 19.0. The van der Waals surface area contributed by atoms with E-state index in [-0.39, 0.29) is 0 Å². The second-order valence-corrected chi connectivity index (χ2v) is 6.38. The van der Waals surface area contributed by atoms with E-state index in [1.807, 2.05) is 0 Å². The molecular formula is C19H25N3. The molecule has 3 nitrogen and oxygen atoms in total. The Bertz CT molecular complexity index is 670. The van der Waals surface area contributed by atoms with Gasteiger partial charge in [0.25, 0.3) is 0 Å². The fourth-order valence-corrected chi connectivity index (χ4v) is 3.53. The van der Waals surface area contributed by atoms with Gasteiger partial charge < -0.3 is 4.90 Å². The zero-order chi connectivity index (χ0) is 15.9. The molecule has 0 N–H and O–H groups in total. The van der Waals surface area contributed by atoms with Crippen molar-refractivity contribution in [3.8, 4) is 0 Å². The first kappa shape index (κ1) is 15.0. The smallest absolute Gasteiger partial charge is 0.0840 e. The molecule has 3 rings (SSSR count). The predicted molar refractivity (Wildman–Crippen MR) is 92.8 cm³/mol. The first-order chi connectivity index (χ1) is 10.5. The summed E-state index contributed by atoms with van der Waals surface area (Å²) in [5.74, 6) is 0. The van der Waals surface area contributed by atoms with Crippen LogP contribution >= 0.6 is 0 Å².